The van der Waals surface area contributed by atoms with Crippen molar-refractivity contribution in [3.8, 4) is 0 Å². The first-order chi connectivity index (χ1) is 58.8. The monoisotopic (exact) mass is 1690 g/mol. The van der Waals surface area contributed by atoms with Gasteiger partial charge in [0, 0.05) is 39.1 Å². The van der Waals surface area contributed by atoms with Crippen LogP contribution in [0.15, 0.2) is 182 Å². The Labute approximate surface area is 707 Å². The molecule has 122 heavy (non-hydrogen) atoms. The van der Waals surface area contributed by atoms with E-state index in [4.69, 9.17) is 23.7 Å². The fourth-order valence-corrected chi connectivity index (χ4v) is 12.5. The van der Waals surface area contributed by atoms with Crippen molar-refractivity contribution in [1.29, 1.82) is 0 Å². The molecular weight excluding hydrogens is 1580 g/mol. The lowest BCUT2D eigenvalue weighted by molar-refractivity contribution is -0.136. The van der Waals surface area contributed by atoms with Crippen LogP contribution in [-0.2, 0) is 106 Å². The molecule has 1 fully saturated rings. The molecule has 7 rings (SSSR count). The zero-order chi connectivity index (χ0) is 88.0. The summed E-state index contributed by atoms with van der Waals surface area (Å²) < 4.78 is 26.9. The summed E-state index contributed by atoms with van der Waals surface area (Å²) in [6.45, 7) is 3.87. The second kappa shape index (κ2) is 52.7. The van der Waals surface area contributed by atoms with Crippen LogP contribution >= 0.6 is 0 Å². The largest absolute Gasteiger partial charge is 0.445 e. The maximum Gasteiger partial charge on any atom is 0.408 e. The van der Waals surface area contributed by atoms with Crippen molar-refractivity contribution >= 4 is 83.6 Å². The number of aliphatic hydroxyl groups excluding tert-OH is 2. The number of ether oxygens (including phenoxy) is 5. The third kappa shape index (κ3) is 36.2. The van der Waals surface area contributed by atoms with Crippen molar-refractivity contribution in [3.05, 3.63) is 215 Å². The van der Waals surface area contributed by atoms with Crippen LogP contribution in [0.3, 0.4) is 0 Å². The Kier molecular flexibility index (Phi) is 41.4. The zero-order valence-electron chi connectivity index (χ0n) is 68.7. The lowest BCUT2D eigenvalue weighted by Crippen LogP contribution is -2.61. The third-order valence-corrected chi connectivity index (χ3v) is 19.1. The first-order valence-electron chi connectivity index (χ1n) is 40.6. The van der Waals surface area contributed by atoms with E-state index in [9.17, 15) is 48.6 Å². The van der Waals surface area contributed by atoms with Gasteiger partial charge in [-0.15, -0.1) is 0 Å². The maximum atomic E-state index is 15.5. The van der Waals surface area contributed by atoms with Gasteiger partial charge < -0.3 is 108 Å². The molecule has 0 spiro atoms. The third-order valence-electron chi connectivity index (χ3n) is 19.1. The molecule has 1 saturated heterocycles. The molecule has 0 aliphatic carbocycles. The fourth-order valence-electron chi connectivity index (χ4n) is 12.5. The summed E-state index contributed by atoms with van der Waals surface area (Å²) in [7, 11) is 0. The highest BCUT2D eigenvalue weighted by atomic mass is 16.6. The number of unbranched alkanes of at least 4 members (excludes halogenated alkanes) is 2. The lowest BCUT2D eigenvalue weighted by Gasteiger charge is -2.29. The smallest absolute Gasteiger partial charge is 0.408 e. The van der Waals surface area contributed by atoms with Gasteiger partial charge in [0.05, 0.1) is 12.2 Å². The molecule has 1 heterocycles. The van der Waals surface area contributed by atoms with Crippen LogP contribution in [-0.4, -0.2) is 193 Å². The normalized spacial score (nSPS) is 18.5. The van der Waals surface area contributed by atoms with Crippen LogP contribution in [0.1, 0.15) is 125 Å². The molecule has 11 atom stereocenters. The number of hydrogen-bond acceptors (Lipinski definition) is 21. The molecule has 0 bridgehead atoms. The van der Waals surface area contributed by atoms with Crippen LogP contribution in [0.4, 0.5) is 24.0 Å². The summed E-state index contributed by atoms with van der Waals surface area (Å²) >= 11 is 0. The van der Waals surface area contributed by atoms with Gasteiger partial charge in [-0.25, -0.2) is 24.0 Å². The van der Waals surface area contributed by atoms with E-state index >= 15 is 28.8 Å². The number of carbonyl (C=O) groups excluding carboxylic acids is 14. The molecule has 16 N–H and O–H groups in total. The second-order valence-electron chi connectivity index (χ2n) is 29.5. The van der Waals surface area contributed by atoms with Crippen molar-refractivity contribution in [3.63, 3.8) is 0 Å². The average Bonchev–Trinajstić information content (AvgIpc) is 0.976. The molecule has 6 aromatic rings. The quantitative estimate of drug-likeness (QED) is 0.0188. The highest BCUT2D eigenvalue weighted by molar-refractivity contribution is 5.99. The number of rotatable bonds is 37. The summed E-state index contributed by atoms with van der Waals surface area (Å²) in [5.41, 5.74) is 3.82. The molecule has 0 unspecified atom stereocenters. The Morgan fingerprint density at radius 3 is 1.15 bits per heavy atom. The summed E-state index contributed by atoms with van der Waals surface area (Å²) in [5, 5.41) is 58.8. The molecule has 1 aliphatic rings. The molecule has 14 amide bonds. The van der Waals surface area contributed by atoms with Gasteiger partial charge in [0.1, 0.15) is 87.4 Å². The predicted molar refractivity (Wildman–Crippen MR) is 445 cm³/mol. The van der Waals surface area contributed by atoms with Crippen LogP contribution in [0.2, 0.25) is 0 Å². The van der Waals surface area contributed by atoms with E-state index in [0.29, 0.717) is 27.8 Å². The first-order valence-corrected chi connectivity index (χ1v) is 40.6. The number of amides is 14. The fraction of sp³-hybridized carbons (Fsp3) is 0.425. The Balaban J connectivity index is 1.25. The maximum absolute atomic E-state index is 15.5. The molecule has 656 valence electrons. The van der Waals surface area contributed by atoms with Gasteiger partial charge in [0.25, 0.3) is 0 Å². The summed E-state index contributed by atoms with van der Waals surface area (Å²) in [6.07, 6.45) is -9.71. The van der Waals surface area contributed by atoms with Gasteiger partial charge in [0.15, 0.2) is 0 Å². The molecule has 1 aliphatic heterocycles. The van der Waals surface area contributed by atoms with Crippen molar-refractivity contribution in [2.75, 3.05) is 32.7 Å². The predicted octanol–water partition coefficient (Wildman–Crippen LogP) is 4.56. The molecular formula is C87H112N14O21. The molecule has 35 nitrogen and oxygen atoms in total. The van der Waals surface area contributed by atoms with Crippen LogP contribution < -0.4 is 74.4 Å². The minimum Gasteiger partial charge on any atom is -0.445 e. The number of hydrogen-bond donors (Lipinski definition) is 16. The standard InChI is InChI=1S/C87H112N14O21/c1-56(2)49-70-79(109)96-68(42-47-91-85(115)120-53-62-33-17-8-18-34-62)77(107)95-69(43-48-92-86(116)121-54-63-35-19-9-20-36-63)78(108)100-72(57(3)102)81(111)88-46-41-67(76(106)93-65(39-23-25-44-89-83(113)118-51-60-29-13-6-14-30-60)75(105)99-71(80(110)98-70)50-59-27-11-5-12-28-59)94-74(104)66(40-24-26-45-90-84(114)119-52-61-31-15-7-16-32-61)97-82(112)73(58(4)103)101-87(117)122-55-64-37-21-10-22-38-64/h5-22,27-38,56-58,65-73,102-103H,23-26,39-55H2,1-4H3,(H,88,111)(H,89,113)(H,90,114)(H,91,115)(H,92,116)(H,93,106)(H,94,104)(H,95,107)(H,96,109)(H,97,112)(H,98,110)(H,99,105)(H,100,108)(H,101,117)/t57-,58-,65+,66+,67+,68+,69+,70+,71-,72+,73+/m1/s1. The molecule has 0 aromatic heterocycles. The van der Waals surface area contributed by atoms with Crippen molar-refractivity contribution in [2.24, 2.45) is 5.92 Å². The highest BCUT2D eigenvalue weighted by Gasteiger charge is 2.38. The molecule has 6 aromatic carbocycles. The molecule has 0 saturated carbocycles. The SMILES string of the molecule is CC(C)C[C@@H]1NC(=O)[C@@H](Cc2ccccc2)NC(=O)[C@H](CCCCNC(=O)OCc2ccccc2)NC(=O)[C@@H](NC(=O)[C@H](CCCCNC(=O)OCc2ccccc2)NC(=O)[C@@H](NC(=O)OCc2ccccc2)[C@@H](C)O)CCNC(=O)[C@H]([C@@H](C)O)NC(=O)[C@H](CCNC(=O)OCc2ccccc2)NC(=O)[C@H](CCNC(=O)OCc2ccccc2)NC1=O. The topological polar surface area (TPSA) is 494 Å². The summed E-state index contributed by atoms with van der Waals surface area (Å²) in [4.78, 5) is 201. The average molecular weight is 1690 g/mol. The van der Waals surface area contributed by atoms with Crippen molar-refractivity contribution in [2.45, 2.75) is 198 Å². The van der Waals surface area contributed by atoms with Gasteiger partial charge in [-0.3, -0.25) is 43.2 Å². The van der Waals surface area contributed by atoms with E-state index in [0.717, 1.165) is 12.5 Å². The molecule has 0 radical (unpaired) electrons. The summed E-state index contributed by atoms with van der Waals surface area (Å²) in [6, 6.07) is 36.9. The van der Waals surface area contributed by atoms with Crippen molar-refractivity contribution in [1.82, 2.24) is 74.4 Å². The van der Waals surface area contributed by atoms with Crippen LogP contribution in [0.5, 0.6) is 0 Å². The van der Waals surface area contributed by atoms with E-state index in [1.165, 1.54) is 6.92 Å². The van der Waals surface area contributed by atoms with Gasteiger partial charge in [0.2, 0.25) is 53.2 Å². The van der Waals surface area contributed by atoms with Gasteiger partial charge in [-0.1, -0.05) is 196 Å². The first kappa shape index (κ1) is 96.0. The van der Waals surface area contributed by atoms with E-state index in [-0.39, 0.29) is 116 Å². The molecule has 35 heteroatoms. The van der Waals surface area contributed by atoms with Crippen LogP contribution in [0, 0.1) is 5.92 Å². The van der Waals surface area contributed by atoms with E-state index in [2.05, 4.69) is 74.4 Å². The Morgan fingerprint density at radius 1 is 0.377 bits per heavy atom. The number of aliphatic hydroxyl groups is 2. The lowest BCUT2D eigenvalue weighted by atomic mass is 10.00. The van der Waals surface area contributed by atoms with E-state index < -0.39 is 176 Å². The Hall–Kier alpha value is -13.2. The number of carbonyl (C=O) groups is 14. The minimum atomic E-state index is -1.89. The minimum absolute atomic E-state index is 0.00677. The number of nitrogens with one attached hydrogen (secondary N) is 14. The second-order valence-corrected chi connectivity index (χ2v) is 29.5. The van der Waals surface area contributed by atoms with Gasteiger partial charge in [-0.05, 0) is 117 Å². The van der Waals surface area contributed by atoms with E-state index in [1.807, 2.05) is 0 Å². The summed E-state index contributed by atoms with van der Waals surface area (Å²) in [5.74, 6) is -9.83. The Morgan fingerprint density at radius 2 is 0.730 bits per heavy atom. The van der Waals surface area contributed by atoms with Crippen LogP contribution in [0.25, 0.3) is 0 Å². The number of benzene rings is 6. The number of alkyl carbamates (subject to hydrolysis) is 5. The van der Waals surface area contributed by atoms with Crippen molar-refractivity contribution < 1.29 is 101 Å². The highest BCUT2D eigenvalue weighted by Crippen LogP contribution is 2.15. The van der Waals surface area contributed by atoms with Gasteiger partial charge >= 0.3 is 30.5 Å². The zero-order valence-corrected chi connectivity index (χ0v) is 68.7. The van der Waals surface area contributed by atoms with E-state index in [1.54, 1.807) is 196 Å². The Bertz CT molecular complexity index is 4310. The van der Waals surface area contributed by atoms with Gasteiger partial charge in [-0.2, -0.15) is 0 Å².